The lowest BCUT2D eigenvalue weighted by molar-refractivity contribution is -0.227. The van der Waals surface area contributed by atoms with Crippen molar-refractivity contribution < 1.29 is 27.9 Å². The number of carboxylic acid groups (broad SMARTS) is 1. The van der Waals surface area contributed by atoms with Crippen molar-refractivity contribution in [1.82, 2.24) is 10.2 Å². The highest BCUT2D eigenvalue weighted by Gasteiger charge is 2.64. The van der Waals surface area contributed by atoms with Crippen molar-refractivity contribution in [3.63, 3.8) is 0 Å². The Kier molecular flexibility index (Phi) is 3.95. The Morgan fingerprint density at radius 2 is 2.00 bits per heavy atom. The second-order valence-electron chi connectivity index (χ2n) is 5.40. The number of nitrogens with one attached hydrogen (secondary N) is 1. The quantitative estimate of drug-likeness (QED) is 0.797. The molecule has 1 amide bonds. The number of likely N-dealkylation sites (tertiary alicyclic amines) is 1. The Morgan fingerprint density at radius 1 is 1.30 bits per heavy atom. The van der Waals surface area contributed by atoms with Crippen molar-refractivity contribution in [2.45, 2.75) is 37.9 Å². The van der Waals surface area contributed by atoms with Crippen LogP contribution < -0.4 is 5.32 Å². The van der Waals surface area contributed by atoms with Crippen LogP contribution in [0.2, 0.25) is 0 Å². The van der Waals surface area contributed by atoms with Crippen molar-refractivity contribution in [2.75, 3.05) is 19.6 Å². The minimum atomic E-state index is -4.85. The molecule has 2 saturated heterocycles. The number of nitrogens with zero attached hydrogens (tertiary/aromatic N) is 1. The van der Waals surface area contributed by atoms with E-state index in [0.717, 1.165) is 17.7 Å². The third-order valence-corrected chi connectivity index (χ3v) is 4.14. The van der Waals surface area contributed by atoms with Gasteiger partial charge in [0.15, 0.2) is 5.41 Å². The fraction of sp³-hybridized carbons (Fsp3) is 0.833. The summed E-state index contributed by atoms with van der Waals surface area (Å²) >= 11 is 0. The van der Waals surface area contributed by atoms with Crippen molar-refractivity contribution in [3.8, 4) is 0 Å². The number of rotatable bonds is 2. The Morgan fingerprint density at radius 3 is 2.45 bits per heavy atom. The van der Waals surface area contributed by atoms with Gasteiger partial charge in [0.1, 0.15) is 0 Å². The first-order valence-electron chi connectivity index (χ1n) is 6.60. The van der Waals surface area contributed by atoms with Gasteiger partial charge in [-0.05, 0) is 25.8 Å². The number of carbonyl (C=O) groups is 2. The second-order valence-corrected chi connectivity index (χ2v) is 5.40. The first-order valence-corrected chi connectivity index (χ1v) is 6.60. The van der Waals surface area contributed by atoms with E-state index in [1.807, 2.05) is 0 Å². The SMILES string of the molecule is O=C([C@@H]1CCCCN1)N1CCC(C(=O)O)(C(F)(F)F)C1. The molecule has 2 atom stereocenters. The van der Waals surface area contributed by atoms with E-state index in [0.29, 0.717) is 13.0 Å². The number of hydrogen-bond acceptors (Lipinski definition) is 3. The van der Waals surface area contributed by atoms with E-state index >= 15 is 0 Å². The van der Waals surface area contributed by atoms with Gasteiger partial charge >= 0.3 is 12.1 Å². The number of alkyl halides is 3. The summed E-state index contributed by atoms with van der Waals surface area (Å²) in [4.78, 5) is 24.2. The van der Waals surface area contributed by atoms with Crippen molar-refractivity contribution >= 4 is 11.9 Å². The zero-order chi connectivity index (χ0) is 15.0. The number of amides is 1. The Labute approximate surface area is 114 Å². The zero-order valence-corrected chi connectivity index (χ0v) is 10.9. The van der Waals surface area contributed by atoms with Crippen LogP contribution in [0.4, 0.5) is 13.2 Å². The topological polar surface area (TPSA) is 69.6 Å². The molecule has 2 heterocycles. The van der Waals surface area contributed by atoms with Gasteiger partial charge in [0, 0.05) is 13.1 Å². The Bertz CT molecular complexity index is 407. The molecule has 2 N–H and O–H groups in total. The molecule has 0 aliphatic carbocycles. The standard InChI is InChI=1S/C12H17F3N2O3/c13-12(14,15)11(10(19)20)4-6-17(7-11)9(18)8-3-1-2-5-16-8/h8,16H,1-7H2,(H,19,20)/t8-,11?/m0/s1. The van der Waals surface area contributed by atoms with E-state index in [4.69, 9.17) is 5.11 Å². The minimum absolute atomic E-state index is 0.164. The lowest BCUT2D eigenvalue weighted by Crippen LogP contribution is -2.51. The molecule has 2 rings (SSSR count). The van der Waals surface area contributed by atoms with Crippen LogP contribution in [0.15, 0.2) is 0 Å². The first-order chi connectivity index (χ1) is 9.28. The lowest BCUT2D eigenvalue weighted by atomic mass is 9.86. The summed E-state index contributed by atoms with van der Waals surface area (Å²) in [7, 11) is 0. The van der Waals surface area contributed by atoms with Crippen LogP contribution in [-0.4, -0.2) is 53.7 Å². The smallest absolute Gasteiger partial charge is 0.406 e. The van der Waals surface area contributed by atoms with Gasteiger partial charge in [-0.3, -0.25) is 9.59 Å². The highest BCUT2D eigenvalue weighted by Crippen LogP contribution is 2.45. The molecule has 2 aliphatic rings. The minimum Gasteiger partial charge on any atom is -0.481 e. The fourth-order valence-electron chi connectivity index (χ4n) is 2.81. The molecular formula is C12H17F3N2O3. The number of piperidine rings is 1. The predicted molar refractivity (Wildman–Crippen MR) is 63.0 cm³/mol. The average molecular weight is 294 g/mol. The van der Waals surface area contributed by atoms with Crippen LogP contribution in [0.25, 0.3) is 0 Å². The summed E-state index contributed by atoms with van der Waals surface area (Å²) in [5.41, 5.74) is -2.82. The number of aliphatic carboxylic acids is 1. The predicted octanol–water partition coefficient (Wildman–Crippen LogP) is 0.994. The van der Waals surface area contributed by atoms with E-state index in [1.165, 1.54) is 0 Å². The molecule has 5 nitrogen and oxygen atoms in total. The van der Waals surface area contributed by atoms with E-state index in [-0.39, 0.29) is 6.54 Å². The van der Waals surface area contributed by atoms with Gasteiger partial charge in [-0.1, -0.05) is 6.42 Å². The van der Waals surface area contributed by atoms with Crippen molar-refractivity contribution in [3.05, 3.63) is 0 Å². The molecule has 20 heavy (non-hydrogen) atoms. The fourth-order valence-corrected chi connectivity index (χ4v) is 2.81. The van der Waals surface area contributed by atoms with Crippen LogP contribution in [0.5, 0.6) is 0 Å². The van der Waals surface area contributed by atoms with Gasteiger partial charge in [0.25, 0.3) is 0 Å². The zero-order valence-electron chi connectivity index (χ0n) is 10.9. The van der Waals surface area contributed by atoms with E-state index in [2.05, 4.69) is 5.32 Å². The molecular weight excluding hydrogens is 277 g/mol. The van der Waals surface area contributed by atoms with Gasteiger partial charge in [0.05, 0.1) is 6.04 Å². The summed E-state index contributed by atoms with van der Waals surface area (Å²) in [5, 5.41) is 11.9. The van der Waals surface area contributed by atoms with E-state index < -0.39 is 42.5 Å². The molecule has 2 aliphatic heterocycles. The second kappa shape index (κ2) is 5.23. The van der Waals surface area contributed by atoms with Gasteiger partial charge in [-0.25, -0.2) is 0 Å². The molecule has 0 radical (unpaired) electrons. The molecule has 8 heteroatoms. The third-order valence-electron chi connectivity index (χ3n) is 4.14. The van der Waals surface area contributed by atoms with Crippen LogP contribution in [0, 0.1) is 5.41 Å². The summed E-state index contributed by atoms with van der Waals surface area (Å²) < 4.78 is 39.0. The Balaban J connectivity index is 2.10. The monoisotopic (exact) mass is 294 g/mol. The molecule has 0 saturated carbocycles. The van der Waals surface area contributed by atoms with E-state index in [1.54, 1.807) is 0 Å². The third kappa shape index (κ3) is 2.48. The van der Waals surface area contributed by atoms with Gasteiger partial charge < -0.3 is 15.3 Å². The number of carbonyl (C=O) groups excluding carboxylic acids is 1. The van der Waals surface area contributed by atoms with Crippen LogP contribution in [0.3, 0.4) is 0 Å². The number of hydrogen-bond donors (Lipinski definition) is 2. The normalized spacial score (nSPS) is 31.4. The molecule has 1 unspecified atom stereocenters. The first kappa shape index (κ1) is 15.1. The summed E-state index contributed by atoms with van der Waals surface area (Å²) in [6.45, 7) is -0.292. The number of halogens is 3. The van der Waals surface area contributed by atoms with Crippen molar-refractivity contribution in [2.24, 2.45) is 5.41 Å². The van der Waals surface area contributed by atoms with Gasteiger partial charge in [-0.15, -0.1) is 0 Å². The highest BCUT2D eigenvalue weighted by molar-refractivity contribution is 5.84. The molecule has 2 fully saturated rings. The van der Waals surface area contributed by atoms with Gasteiger partial charge in [0.2, 0.25) is 5.91 Å². The van der Waals surface area contributed by atoms with Crippen LogP contribution in [0.1, 0.15) is 25.7 Å². The molecule has 114 valence electrons. The van der Waals surface area contributed by atoms with E-state index in [9.17, 15) is 22.8 Å². The average Bonchev–Trinajstić information content (AvgIpc) is 2.85. The number of carboxylic acids is 1. The Hall–Kier alpha value is -1.31. The van der Waals surface area contributed by atoms with Crippen LogP contribution >= 0.6 is 0 Å². The summed E-state index contributed by atoms with van der Waals surface area (Å²) in [6, 6.07) is -0.485. The molecule has 0 aromatic carbocycles. The lowest BCUT2D eigenvalue weighted by Gasteiger charge is -2.30. The maximum absolute atomic E-state index is 13.0. The highest BCUT2D eigenvalue weighted by atomic mass is 19.4. The maximum Gasteiger partial charge on any atom is 0.406 e. The van der Waals surface area contributed by atoms with Crippen molar-refractivity contribution in [1.29, 1.82) is 0 Å². The van der Waals surface area contributed by atoms with Crippen LogP contribution in [-0.2, 0) is 9.59 Å². The summed E-state index contributed by atoms with van der Waals surface area (Å²) in [5.74, 6) is -2.33. The van der Waals surface area contributed by atoms with Gasteiger partial charge in [-0.2, -0.15) is 13.2 Å². The molecule has 0 bridgehead atoms. The maximum atomic E-state index is 13.0. The molecule has 0 aromatic heterocycles. The molecule has 0 spiro atoms. The largest absolute Gasteiger partial charge is 0.481 e. The summed E-state index contributed by atoms with van der Waals surface area (Å²) in [6.07, 6.45) is -3.06. The molecule has 0 aromatic rings.